The Hall–Kier alpha value is -4.02. The summed E-state index contributed by atoms with van der Waals surface area (Å²) in [6.07, 6.45) is 1.67. The molecule has 6 N–H and O–H groups in total. The molecule has 10 heteroatoms. The van der Waals surface area contributed by atoms with Gasteiger partial charge in [-0.15, -0.1) is 0 Å². The van der Waals surface area contributed by atoms with E-state index in [0.717, 1.165) is 10.5 Å². The molecule has 1 unspecified atom stereocenters. The van der Waals surface area contributed by atoms with E-state index in [9.17, 15) is 29.7 Å². The van der Waals surface area contributed by atoms with Gasteiger partial charge in [0.25, 0.3) is 5.91 Å². The maximum Gasteiger partial charge on any atom is 0.323 e. The first-order chi connectivity index (χ1) is 15.8. The Morgan fingerprint density at radius 2 is 1.79 bits per heavy atom. The van der Waals surface area contributed by atoms with Crippen LogP contribution in [0.2, 0.25) is 0 Å². The summed E-state index contributed by atoms with van der Waals surface area (Å²) in [5.74, 6) is -2.62. The van der Waals surface area contributed by atoms with Crippen LogP contribution in [0.5, 0.6) is 5.75 Å². The molecule has 1 aliphatic rings. The van der Waals surface area contributed by atoms with Gasteiger partial charge in [-0.3, -0.25) is 19.3 Å². The first kappa shape index (κ1) is 23.6. The summed E-state index contributed by atoms with van der Waals surface area (Å²) in [6, 6.07) is 13.0. The van der Waals surface area contributed by atoms with Crippen molar-refractivity contribution in [1.29, 1.82) is 0 Å². The molecule has 3 rings (SSSR count). The number of carboxylic acids is 1. The minimum Gasteiger partial charge on any atom is -0.508 e. The highest BCUT2D eigenvalue weighted by atomic mass is 16.4. The molecule has 172 valence electrons. The maximum absolute atomic E-state index is 12.8. The van der Waals surface area contributed by atoms with Crippen LogP contribution in [0.4, 0.5) is 0 Å². The van der Waals surface area contributed by atoms with E-state index in [1.165, 1.54) is 18.2 Å². The van der Waals surface area contributed by atoms with Gasteiger partial charge >= 0.3 is 5.97 Å². The Labute approximate surface area is 189 Å². The highest BCUT2D eigenvalue weighted by molar-refractivity contribution is 6.17. The molecule has 0 fully saturated rings. The number of aliphatic carboxylic acids is 1. The zero-order chi connectivity index (χ0) is 24.0. The summed E-state index contributed by atoms with van der Waals surface area (Å²) in [5, 5.41) is 31.1. The predicted octanol–water partition coefficient (Wildman–Crippen LogP) is 0.106. The van der Waals surface area contributed by atoms with Crippen molar-refractivity contribution in [3.8, 4) is 5.75 Å². The van der Waals surface area contributed by atoms with E-state index in [4.69, 9.17) is 5.73 Å². The van der Waals surface area contributed by atoms with Crippen molar-refractivity contribution < 1.29 is 29.7 Å². The van der Waals surface area contributed by atoms with Crippen molar-refractivity contribution in [3.05, 3.63) is 71.4 Å². The van der Waals surface area contributed by atoms with Gasteiger partial charge in [0.15, 0.2) is 0 Å². The Kier molecular flexibility index (Phi) is 7.54. The molecule has 2 amide bonds. The molecule has 0 bridgehead atoms. The minimum atomic E-state index is -1.29. The number of hydrogen-bond acceptors (Lipinski definition) is 7. The average molecular weight is 452 g/mol. The van der Waals surface area contributed by atoms with Crippen LogP contribution < -0.4 is 11.1 Å². The lowest BCUT2D eigenvalue weighted by Crippen LogP contribution is -2.54. The van der Waals surface area contributed by atoms with Crippen LogP contribution in [0, 0.1) is 0 Å². The molecule has 2 atom stereocenters. The number of nitrogens with one attached hydrogen (secondary N) is 1. The van der Waals surface area contributed by atoms with Gasteiger partial charge in [0.05, 0.1) is 12.6 Å². The normalized spacial score (nSPS) is 16.4. The first-order valence-electron chi connectivity index (χ1n) is 10.1. The number of phenolic OH excluding ortho intramolecular Hbond substituents is 1. The molecular weight excluding hydrogens is 428 g/mol. The van der Waals surface area contributed by atoms with E-state index in [2.05, 4.69) is 10.3 Å². The van der Waals surface area contributed by atoms with Gasteiger partial charge < -0.3 is 26.4 Å². The molecule has 0 saturated carbocycles. The number of nitrogens with two attached hydrogens (primary N) is 1. The molecule has 1 heterocycles. The third-order valence-electron chi connectivity index (χ3n) is 4.91. The van der Waals surface area contributed by atoms with Crippen molar-refractivity contribution in [2.45, 2.75) is 18.5 Å². The van der Waals surface area contributed by atoms with Gasteiger partial charge in [-0.1, -0.05) is 42.5 Å². The number of carbonyl (C=O) groups is 3. The monoisotopic (exact) mass is 452 g/mol. The van der Waals surface area contributed by atoms with Crippen LogP contribution >= 0.6 is 0 Å². The fourth-order valence-corrected chi connectivity index (χ4v) is 3.28. The van der Waals surface area contributed by atoms with Crippen molar-refractivity contribution in [1.82, 2.24) is 10.2 Å². The summed E-state index contributed by atoms with van der Waals surface area (Å²) in [7, 11) is 0. The van der Waals surface area contributed by atoms with E-state index in [1.54, 1.807) is 12.1 Å². The lowest BCUT2D eigenvalue weighted by Gasteiger charge is -2.24. The summed E-state index contributed by atoms with van der Waals surface area (Å²) < 4.78 is 0. The number of aliphatic imine (C=N–C) groups is 1. The highest BCUT2D eigenvalue weighted by Gasteiger charge is 2.37. The molecule has 0 spiro atoms. The molecule has 0 radical (unpaired) electrons. The van der Waals surface area contributed by atoms with E-state index in [0.29, 0.717) is 5.56 Å². The number of amides is 2. The fraction of sp³-hybridized carbons (Fsp3) is 0.217. The second kappa shape index (κ2) is 10.5. The number of hydrogen-bond donors (Lipinski definition) is 5. The number of aliphatic hydroxyl groups is 1. The number of rotatable bonds is 9. The van der Waals surface area contributed by atoms with Crippen LogP contribution in [-0.4, -0.2) is 69.1 Å². The van der Waals surface area contributed by atoms with Gasteiger partial charge in [-0.25, -0.2) is 4.99 Å². The maximum atomic E-state index is 12.8. The smallest absolute Gasteiger partial charge is 0.323 e. The summed E-state index contributed by atoms with van der Waals surface area (Å²) in [6.45, 7) is -1.33. The fourth-order valence-electron chi connectivity index (χ4n) is 3.28. The Morgan fingerprint density at radius 3 is 2.39 bits per heavy atom. The number of nitrogens with zero attached hydrogens (tertiary/aromatic N) is 2. The third kappa shape index (κ3) is 6.03. The van der Waals surface area contributed by atoms with Crippen LogP contribution in [0.3, 0.4) is 0 Å². The van der Waals surface area contributed by atoms with Crippen molar-refractivity contribution in [2.75, 3.05) is 13.2 Å². The van der Waals surface area contributed by atoms with Crippen LogP contribution in [0.15, 0.2) is 65.3 Å². The number of phenols is 1. The number of carbonyl (C=O) groups excluding carboxylic acids is 2. The zero-order valence-corrected chi connectivity index (χ0v) is 17.6. The van der Waals surface area contributed by atoms with Gasteiger partial charge in [-0.2, -0.15) is 0 Å². The third-order valence-corrected chi connectivity index (χ3v) is 4.91. The average Bonchev–Trinajstić information content (AvgIpc) is 3.08. The lowest BCUT2D eigenvalue weighted by molar-refractivity contribution is -0.140. The van der Waals surface area contributed by atoms with Gasteiger partial charge in [0, 0.05) is 0 Å². The van der Waals surface area contributed by atoms with Crippen LogP contribution in [0.25, 0.3) is 6.08 Å². The van der Waals surface area contributed by atoms with E-state index in [1.807, 2.05) is 30.3 Å². The summed E-state index contributed by atoms with van der Waals surface area (Å²) >= 11 is 0. The molecule has 1 aliphatic heterocycles. The standard InChI is InChI=1S/C23H24N4O6/c24-17(10-14-4-2-1-3-5-14)22(32)26-19(13-28)21-25-18(23(33)27(21)12-20(30)31)11-15-6-8-16(29)9-7-15/h1-9,11,17,19,28-29H,10,12-13,24H2,(H,26,32)(H,30,31)/b18-11+/t17-,19?/m0/s1. The number of aromatic hydroxyl groups is 1. The lowest BCUT2D eigenvalue weighted by atomic mass is 10.1. The molecule has 33 heavy (non-hydrogen) atoms. The Balaban J connectivity index is 1.83. The quantitative estimate of drug-likeness (QED) is 0.337. The Morgan fingerprint density at radius 1 is 1.12 bits per heavy atom. The number of aliphatic hydroxyl groups excluding tert-OH is 1. The van der Waals surface area contributed by atoms with E-state index >= 15 is 0 Å². The van der Waals surface area contributed by atoms with E-state index in [-0.39, 0.29) is 23.7 Å². The van der Waals surface area contributed by atoms with Crippen molar-refractivity contribution in [3.63, 3.8) is 0 Å². The van der Waals surface area contributed by atoms with Crippen LogP contribution in [0.1, 0.15) is 11.1 Å². The molecule has 0 aromatic heterocycles. The highest BCUT2D eigenvalue weighted by Crippen LogP contribution is 2.21. The van der Waals surface area contributed by atoms with Gasteiger partial charge in [-0.05, 0) is 35.8 Å². The topological polar surface area (TPSA) is 166 Å². The molecule has 2 aromatic rings. The minimum absolute atomic E-state index is 0.0430. The zero-order valence-electron chi connectivity index (χ0n) is 17.6. The molecule has 0 aliphatic carbocycles. The first-order valence-corrected chi connectivity index (χ1v) is 10.1. The molecule has 10 nitrogen and oxygen atoms in total. The molecular formula is C23H24N4O6. The second-order valence-corrected chi connectivity index (χ2v) is 7.42. The summed E-state index contributed by atoms with van der Waals surface area (Å²) in [5.41, 5.74) is 7.32. The van der Waals surface area contributed by atoms with E-state index < -0.39 is 43.0 Å². The number of carboxylic acid groups (broad SMARTS) is 1. The van der Waals surface area contributed by atoms with Gasteiger partial charge in [0.1, 0.15) is 29.9 Å². The van der Waals surface area contributed by atoms with Gasteiger partial charge in [0.2, 0.25) is 5.91 Å². The van der Waals surface area contributed by atoms with Crippen molar-refractivity contribution in [2.24, 2.45) is 10.7 Å². The number of benzene rings is 2. The second-order valence-electron chi connectivity index (χ2n) is 7.42. The largest absolute Gasteiger partial charge is 0.508 e. The SMILES string of the molecule is N[C@@H](Cc1ccccc1)C(=O)NC(CO)C1=N/C(=C/c2ccc(O)cc2)C(=O)N1CC(=O)O. The molecule has 2 aromatic carbocycles. The number of amidine groups is 1. The predicted molar refractivity (Wildman–Crippen MR) is 120 cm³/mol. The summed E-state index contributed by atoms with van der Waals surface area (Å²) in [4.78, 5) is 41.9. The van der Waals surface area contributed by atoms with Crippen LogP contribution in [-0.2, 0) is 20.8 Å². The Bertz CT molecular complexity index is 1080. The molecule has 0 saturated heterocycles. The van der Waals surface area contributed by atoms with Crippen molar-refractivity contribution >= 4 is 29.7 Å².